The molecule has 1 N–H and O–H groups in total. The molecule has 3 heteroatoms. The van der Waals surface area contributed by atoms with Crippen LogP contribution in [0.1, 0.15) is 10.4 Å². The number of rotatable bonds is 2. The minimum Gasteiger partial charge on any atom is -0.478 e. The zero-order valence-corrected chi connectivity index (χ0v) is 10.5. The van der Waals surface area contributed by atoms with Crippen LogP contribution in [0.5, 0.6) is 0 Å². The first-order valence-electron chi connectivity index (χ1n) is 4.76. The Balaban J connectivity index is 2.38. The van der Waals surface area contributed by atoms with Crippen molar-refractivity contribution in [2.45, 2.75) is 0 Å². The maximum atomic E-state index is 10.7. The average Bonchev–Trinajstić information content (AvgIpc) is 2.29. The number of carbonyl (C=O) groups is 1. The van der Waals surface area contributed by atoms with Gasteiger partial charge in [0.1, 0.15) is 0 Å². The number of carboxylic acids is 1. The van der Waals surface area contributed by atoms with Gasteiger partial charge in [0.05, 0.1) is 5.56 Å². The number of hydrogen-bond donors (Lipinski definition) is 1. The molecule has 0 amide bonds. The summed E-state index contributed by atoms with van der Waals surface area (Å²) in [6.07, 6.45) is 0. The second kappa shape index (κ2) is 4.65. The first-order chi connectivity index (χ1) is 7.66. The predicted octanol–water partition coefficient (Wildman–Crippen LogP) is 3.66. The highest BCUT2D eigenvalue weighted by atomic mass is 127. The number of carboxylic acid groups (broad SMARTS) is 1. The van der Waals surface area contributed by atoms with Crippen LogP contribution in [0.2, 0.25) is 0 Å². The molecule has 0 bridgehead atoms. The van der Waals surface area contributed by atoms with Crippen LogP contribution in [0.4, 0.5) is 0 Å². The molecule has 0 spiro atoms. The average molecular weight is 324 g/mol. The van der Waals surface area contributed by atoms with E-state index in [2.05, 4.69) is 28.7 Å². The molecule has 0 unspecified atom stereocenters. The van der Waals surface area contributed by atoms with Gasteiger partial charge < -0.3 is 5.11 Å². The van der Waals surface area contributed by atoms with E-state index in [4.69, 9.17) is 5.11 Å². The van der Waals surface area contributed by atoms with Crippen molar-refractivity contribution in [1.29, 1.82) is 0 Å². The molecule has 2 nitrogen and oxygen atoms in total. The second-order valence-electron chi connectivity index (χ2n) is 3.39. The fraction of sp³-hybridized carbons (Fsp3) is 0. The van der Waals surface area contributed by atoms with Gasteiger partial charge in [-0.1, -0.05) is 24.3 Å². The van der Waals surface area contributed by atoms with E-state index in [1.165, 1.54) is 0 Å². The van der Waals surface area contributed by atoms with E-state index in [-0.39, 0.29) is 0 Å². The quantitative estimate of drug-likeness (QED) is 0.856. The van der Waals surface area contributed by atoms with Crippen molar-refractivity contribution in [3.63, 3.8) is 0 Å². The molecule has 0 aliphatic carbocycles. The molecule has 16 heavy (non-hydrogen) atoms. The molecule has 0 aliphatic heterocycles. The van der Waals surface area contributed by atoms with Crippen LogP contribution in [0.3, 0.4) is 0 Å². The minimum atomic E-state index is -0.894. The first kappa shape index (κ1) is 11.1. The molecule has 0 aliphatic rings. The predicted molar refractivity (Wildman–Crippen MR) is 71.6 cm³/mol. The van der Waals surface area contributed by atoms with Gasteiger partial charge in [0, 0.05) is 3.57 Å². The Kier molecular flexibility index (Phi) is 3.24. The summed E-state index contributed by atoms with van der Waals surface area (Å²) in [5, 5.41) is 8.79. The highest BCUT2D eigenvalue weighted by Crippen LogP contribution is 2.21. The SMILES string of the molecule is O=C(O)c1ccc(-c2cccc(I)c2)cc1. The molecule has 0 aromatic heterocycles. The van der Waals surface area contributed by atoms with Crippen LogP contribution in [0.25, 0.3) is 11.1 Å². The zero-order chi connectivity index (χ0) is 11.5. The Hall–Kier alpha value is -1.36. The molecule has 2 aromatic rings. The van der Waals surface area contributed by atoms with E-state index >= 15 is 0 Å². The van der Waals surface area contributed by atoms with E-state index in [1.807, 2.05) is 30.3 Å². The number of aromatic carboxylic acids is 1. The lowest BCUT2D eigenvalue weighted by atomic mass is 10.0. The molecule has 0 heterocycles. The van der Waals surface area contributed by atoms with Gasteiger partial charge in [-0.2, -0.15) is 0 Å². The van der Waals surface area contributed by atoms with Crippen LogP contribution >= 0.6 is 22.6 Å². The monoisotopic (exact) mass is 324 g/mol. The third-order valence-corrected chi connectivity index (χ3v) is 2.96. The number of hydrogen-bond acceptors (Lipinski definition) is 1. The van der Waals surface area contributed by atoms with Crippen molar-refractivity contribution >= 4 is 28.6 Å². The third-order valence-electron chi connectivity index (χ3n) is 2.29. The summed E-state index contributed by atoms with van der Waals surface area (Å²) < 4.78 is 1.16. The van der Waals surface area contributed by atoms with E-state index < -0.39 is 5.97 Å². The van der Waals surface area contributed by atoms with Crippen LogP contribution in [-0.4, -0.2) is 11.1 Å². The fourth-order valence-electron chi connectivity index (χ4n) is 1.47. The van der Waals surface area contributed by atoms with Crippen molar-refractivity contribution in [3.8, 4) is 11.1 Å². The lowest BCUT2D eigenvalue weighted by molar-refractivity contribution is 0.0697. The van der Waals surface area contributed by atoms with Crippen LogP contribution < -0.4 is 0 Å². The Morgan fingerprint density at radius 1 is 1.00 bits per heavy atom. The van der Waals surface area contributed by atoms with Crippen molar-refractivity contribution in [2.24, 2.45) is 0 Å². The van der Waals surface area contributed by atoms with Gasteiger partial charge in [0.25, 0.3) is 0 Å². The normalized spacial score (nSPS) is 10.1. The molecule has 0 saturated heterocycles. The smallest absolute Gasteiger partial charge is 0.335 e. The summed E-state index contributed by atoms with van der Waals surface area (Å²) in [5.74, 6) is -0.894. The highest BCUT2D eigenvalue weighted by molar-refractivity contribution is 14.1. The largest absolute Gasteiger partial charge is 0.478 e. The van der Waals surface area contributed by atoms with Gasteiger partial charge in [0.15, 0.2) is 0 Å². The molecular formula is C13H9IO2. The molecule has 0 radical (unpaired) electrons. The standard InChI is InChI=1S/C13H9IO2/c14-12-3-1-2-11(8-12)9-4-6-10(7-5-9)13(15)16/h1-8H,(H,15,16). The van der Waals surface area contributed by atoms with Crippen molar-refractivity contribution in [1.82, 2.24) is 0 Å². The lowest BCUT2D eigenvalue weighted by Gasteiger charge is -2.02. The number of benzene rings is 2. The van der Waals surface area contributed by atoms with Crippen LogP contribution in [0.15, 0.2) is 48.5 Å². The number of halogens is 1. The molecule has 2 aromatic carbocycles. The lowest BCUT2D eigenvalue weighted by Crippen LogP contribution is -1.94. The molecular weight excluding hydrogens is 315 g/mol. The van der Waals surface area contributed by atoms with E-state index in [1.54, 1.807) is 12.1 Å². The van der Waals surface area contributed by atoms with E-state index in [0.29, 0.717) is 5.56 Å². The van der Waals surface area contributed by atoms with Gasteiger partial charge in [0.2, 0.25) is 0 Å². The maximum Gasteiger partial charge on any atom is 0.335 e. The summed E-state index contributed by atoms with van der Waals surface area (Å²) >= 11 is 2.26. The second-order valence-corrected chi connectivity index (χ2v) is 4.64. The van der Waals surface area contributed by atoms with Crippen molar-refractivity contribution < 1.29 is 9.90 Å². The van der Waals surface area contributed by atoms with Gasteiger partial charge in [-0.25, -0.2) is 4.79 Å². The molecule has 0 atom stereocenters. The van der Waals surface area contributed by atoms with Crippen molar-refractivity contribution in [3.05, 3.63) is 57.7 Å². The Morgan fingerprint density at radius 2 is 1.69 bits per heavy atom. The molecule has 0 fully saturated rings. The Morgan fingerprint density at radius 3 is 2.25 bits per heavy atom. The van der Waals surface area contributed by atoms with Crippen LogP contribution in [0, 0.1) is 3.57 Å². The molecule has 2 rings (SSSR count). The fourth-order valence-corrected chi connectivity index (χ4v) is 2.02. The maximum absolute atomic E-state index is 10.7. The first-order valence-corrected chi connectivity index (χ1v) is 5.84. The topological polar surface area (TPSA) is 37.3 Å². The van der Waals surface area contributed by atoms with Gasteiger partial charge >= 0.3 is 5.97 Å². The molecule has 80 valence electrons. The Bertz CT molecular complexity index is 518. The van der Waals surface area contributed by atoms with Gasteiger partial charge in [-0.15, -0.1) is 0 Å². The summed E-state index contributed by atoms with van der Waals surface area (Å²) in [6.45, 7) is 0. The van der Waals surface area contributed by atoms with Crippen molar-refractivity contribution in [2.75, 3.05) is 0 Å². The minimum absolute atomic E-state index is 0.314. The van der Waals surface area contributed by atoms with E-state index in [9.17, 15) is 4.79 Å². The summed E-state index contributed by atoms with van der Waals surface area (Å²) in [6, 6.07) is 15.0. The zero-order valence-electron chi connectivity index (χ0n) is 8.35. The molecule has 0 saturated carbocycles. The van der Waals surface area contributed by atoms with Crippen LogP contribution in [-0.2, 0) is 0 Å². The highest BCUT2D eigenvalue weighted by Gasteiger charge is 2.03. The van der Waals surface area contributed by atoms with Gasteiger partial charge in [-0.3, -0.25) is 0 Å². The summed E-state index contributed by atoms with van der Waals surface area (Å²) in [7, 11) is 0. The third kappa shape index (κ3) is 2.41. The van der Waals surface area contributed by atoms with Gasteiger partial charge in [-0.05, 0) is 58.0 Å². The summed E-state index contributed by atoms with van der Waals surface area (Å²) in [4.78, 5) is 10.7. The summed E-state index contributed by atoms with van der Waals surface area (Å²) in [5.41, 5.74) is 2.45. The van der Waals surface area contributed by atoms with E-state index in [0.717, 1.165) is 14.7 Å². The Labute approximate surface area is 107 Å².